The molecule has 0 bridgehead atoms. The predicted octanol–water partition coefficient (Wildman–Crippen LogP) is -0.562. The number of rotatable bonds is 5. The van der Waals surface area contributed by atoms with Gasteiger partial charge in [-0.2, -0.15) is 0 Å². The van der Waals surface area contributed by atoms with Gasteiger partial charge in [0.2, 0.25) is 11.7 Å². The second-order valence-corrected chi connectivity index (χ2v) is 3.42. The molecule has 0 unspecified atom stereocenters. The van der Waals surface area contributed by atoms with Crippen LogP contribution < -0.4 is 11.1 Å². The van der Waals surface area contributed by atoms with Gasteiger partial charge < -0.3 is 11.1 Å². The fourth-order valence-corrected chi connectivity index (χ4v) is 1.04. The van der Waals surface area contributed by atoms with Crippen LogP contribution in [0.3, 0.4) is 0 Å². The fraction of sp³-hybridized carbons (Fsp3) is 0.500. The van der Waals surface area contributed by atoms with Crippen molar-refractivity contribution in [2.45, 2.75) is 19.9 Å². The number of amides is 1. The molecule has 0 aliphatic carbocycles. The topological polar surface area (TPSA) is 85.8 Å². The minimum absolute atomic E-state index is 0.101. The maximum Gasteiger partial charge on any atom is 0.241 e. The summed E-state index contributed by atoms with van der Waals surface area (Å²) in [7, 11) is 0. The van der Waals surface area contributed by atoms with Crippen LogP contribution in [0.4, 0.5) is 0 Å². The van der Waals surface area contributed by atoms with E-state index in [1.54, 1.807) is 0 Å². The van der Waals surface area contributed by atoms with Gasteiger partial charge >= 0.3 is 0 Å². The Morgan fingerprint density at radius 3 is 3.00 bits per heavy atom. The van der Waals surface area contributed by atoms with E-state index in [4.69, 9.17) is 18.0 Å². The largest absolute Gasteiger partial charge is 0.387 e. The molecule has 0 atom stereocenters. The summed E-state index contributed by atoms with van der Waals surface area (Å²) in [6.45, 7) is 2.78. The third-order valence-corrected chi connectivity index (χ3v) is 1.82. The van der Waals surface area contributed by atoms with Gasteiger partial charge in [0.25, 0.3) is 0 Å². The molecule has 1 aromatic heterocycles. The molecule has 1 amide bonds. The Kier molecular flexibility index (Phi) is 4.17. The van der Waals surface area contributed by atoms with Gasteiger partial charge in [0, 0.05) is 6.54 Å². The Morgan fingerprint density at radius 1 is 1.73 bits per heavy atom. The molecule has 7 heteroatoms. The number of nitrogens with two attached hydrogens (primary N) is 1. The van der Waals surface area contributed by atoms with E-state index in [1.807, 2.05) is 6.92 Å². The predicted molar refractivity (Wildman–Crippen MR) is 59.2 cm³/mol. The minimum atomic E-state index is -0.101. The van der Waals surface area contributed by atoms with E-state index in [-0.39, 0.29) is 23.3 Å². The normalized spacial score (nSPS) is 9.93. The molecule has 0 aromatic carbocycles. The van der Waals surface area contributed by atoms with Gasteiger partial charge in [-0.05, 0) is 6.42 Å². The van der Waals surface area contributed by atoms with Gasteiger partial charge in [0.05, 0.1) is 0 Å². The lowest BCUT2D eigenvalue weighted by Gasteiger charge is -2.02. The Balaban J connectivity index is 2.50. The Bertz CT molecular complexity index is 362. The summed E-state index contributed by atoms with van der Waals surface area (Å²) < 4.78 is 1.40. The zero-order chi connectivity index (χ0) is 11.3. The van der Waals surface area contributed by atoms with Crippen molar-refractivity contribution < 1.29 is 4.79 Å². The zero-order valence-corrected chi connectivity index (χ0v) is 9.25. The number of carbonyl (C=O) groups is 1. The standard InChI is InChI=1S/C8H13N5OS/c1-2-3-10-6(14)4-13-5-11-8(12-13)7(9)15/h5H,2-4H2,1H3,(H2,9,15)(H,10,14). The van der Waals surface area contributed by atoms with E-state index in [0.29, 0.717) is 6.54 Å². The summed E-state index contributed by atoms with van der Waals surface area (Å²) in [5.41, 5.74) is 5.33. The SMILES string of the molecule is CCCNC(=O)Cn1cnc(C(N)=S)n1. The molecule has 1 rings (SSSR count). The van der Waals surface area contributed by atoms with Crippen molar-refractivity contribution in [3.05, 3.63) is 12.2 Å². The van der Waals surface area contributed by atoms with Crippen LogP contribution in [0.2, 0.25) is 0 Å². The Labute approximate surface area is 92.9 Å². The minimum Gasteiger partial charge on any atom is -0.387 e. The highest BCUT2D eigenvalue weighted by Crippen LogP contribution is 1.89. The van der Waals surface area contributed by atoms with Gasteiger partial charge in [0.1, 0.15) is 17.9 Å². The Morgan fingerprint density at radius 2 is 2.47 bits per heavy atom. The van der Waals surface area contributed by atoms with Crippen LogP contribution in [0.15, 0.2) is 6.33 Å². The highest BCUT2D eigenvalue weighted by molar-refractivity contribution is 7.80. The summed E-state index contributed by atoms with van der Waals surface area (Å²) in [5, 5.41) is 6.66. The highest BCUT2D eigenvalue weighted by atomic mass is 32.1. The molecule has 0 aliphatic heterocycles. The first-order chi connectivity index (χ1) is 7.13. The molecule has 0 radical (unpaired) electrons. The average molecular weight is 227 g/mol. The van der Waals surface area contributed by atoms with E-state index >= 15 is 0 Å². The van der Waals surface area contributed by atoms with Crippen molar-refractivity contribution in [2.24, 2.45) is 5.73 Å². The molecule has 6 nitrogen and oxygen atoms in total. The third kappa shape index (κ3) is 3.62. The molecule has 0 spiro atoms. The molecule has 0 saturated carbocycles. The van der Waals surface area contributed by atoms with Crippen LogP contribution in [-0.4, -0.2) is 32.2 Å². The van der Waals surface area contributed by atoms with Gasteiger partial charge in [-0.15, -0.1) is 5.10 Å². The van der Waals surface area contributed by atoms with E-state index in [2.05, 4.69) is 15.4 Å². The smallest absolute Gasteiger partial charge is 0.241 e. The number of carbonyl (C=O) groups excluding carboxylic acids is 1. The molecule has 0 aliphatic rings. The average Bonchev–Trinajstić information content (AvgIpc) is 2.63. The molecule has 0 fully saturated rings. The van der Waals surface area contributed by atoms with Crippen LogP contribution in [0.5, 0.6) is 0 Å². The van der Waals surface area contributed by atoms with Crippen LogP contribution in [-0.2, 0) is 11.3 Å². The van der Waals surface area contributed by atoms with Gasteiger partial charge in [-0.1, -0.05) is 19.1 Å². The number of hydrogen-bond donors (Lipinski definition) is 2. The lowest BCUT2D eigenvalue weighted by Crippen LogP contribution is -2.28. The lowest BCUT2D eigenvalue weighted by atomic mass is 10.4. The van der Waals surface area contributed by atoms with Crippen LogP contribution >= 0.6 is 12.2 Å². The second kappa shape index (κ2) is 5.40. The maximum atomic E-state index is 11.3. The van der Waals surface area contributed by atoms with E-state index in [9.17, 15) is 4.79 Å². The number of aromatic nitrogens is 3. The van der Waals surface area contributed by atoms with Gasteiger partial charge in [-0.3, -0.25) is 4.79 Å². The third-order valence-electron chi connectivity index (χ3n) is 1.63. The van der Waals surface area contributed by atoms with Crippen molar-refractivity contribution in [3.8, 4) is 0 Å². The molecule has 1 aromatic rings. The van der Waals surface area contributed by atoms with Crippen LogP contribution in [0, 0.1) is 0 Å². The molecular weight excluding hydrogens is 214 g/mol. The van der Waals surface area contributed by atoms with Crippen molar-refractivity contribution in [3.63, 3.8) is 0 Å². The number of nitrogens with zero attached hydrogens (tertiary/aromatic N) is 3. The molecular formula is C8H13N5OS. The summed E-state index contributed by atoms with van der Waals surface area (Å²) in [5.74, 6) is 0.185. The molecule has 0 saturated heterocycles. The first kappa shape index (κ1) is 11.6. The van der Waals surface area contributed by atoms with Crippen molar-refractivity contribution in [1.29, 1.82) is 0 Å². The number of nitrogens with one attached hydrogen (secondary N) is 1. The monoisotopic (exact) mass is 227 g/mol. The first-order valence-corrected chi connectivity index (χ1v) is 5.00. The number of hydrogen-bond acceptors (Lipinski definition) is 4. The van der Waals surface area contributed by atoms with Gasteiger partial charge in [-0.25, -0.2) is 9.67 Å². The van der Waals surface area contributed by atoms with Crippen LogP contribution in [0.25, 0.3) is 0 Å². The summed E-state index contributed by atoms with van der Waals surface area (Å²) in [6, 6.07) is 0. The first-order valence-electron chi connectivity index (χ1n) is 4.59. The van der Waals surface area contributed by atoms with Crippen molar-refractivity contribution in [2.75, 3.05) is 6.54 Å². The second-order valence-electron chi connectivity index (χ2n) is 2.98. The molecule has 82 valence electrons. The number of thiocarbonyl (C=S) groups is 1. The van der Waals surface area contributed by atoms with Crippen molar-refractivity contribution >= 4 is 23.1 Å². The summed E-state index contributed by atoms with van der Waals surface area (Å²) in [4.78, 5) is 15.3. The van der Waals surface area contributed by atoms with Crippen LogP contribution in [0.1, 0.15) is 19.2 Å². The molecule has 3 N–H and O–H groups in total. The fourth-order valence-electron chi connectivity index (χ4n) is 0.951. The summed E-state index contributed by atoms with van der Waals surface area (Å²) >= 11 is 4.70. The molecule has 1 heterocycles. The van der Waals surface area contributed by atoms with Crippen molar-refractivity contribution in [1.82, 2.24) is 20.1 Å². The lowest BCUT2D eigenvalue weighted by molar-refractivity contribution is -0.121. The quantitative estimate of drug-likeness (QED) is 0.658. The Hall–Kier alpha value is -1.50. The van der Waals surface area contributed by atoms with Gasteiger partial charge in [0.15, 0.2) is 0 Å². The van der Waals surface area contributed by atoms with E-state index < -0.39 is 0 Å². The molecule has 15 heavy (non-hydrogen) atoms. The summed E-state index contributed by atoms with van der Waals surface area (Å²) in [6.07, 6.45) is 2.33. The van der Waals surface area contributed by atoms with E-state index in [1.165, 1.54) is 11.0 Å². The van der Waals surface area contributed by atoms with E-state index in [0.717, 1.165) is 6.42 Å². The highest BCUT2D eigenvalue weighted by Gasteiger charge is 2.06. The zero-order valence-electron chi connectivity index (χ0n) is 8.43. The maximum absolute atomic E-state index is 11.3.